The summed E-state index contributed by atoms with van der Waals surface area (Å²) in [5.74, 6) is 0.0187. The van der Waals surface area contributed by atoms with Crippen molar-refractivity contribution in [2.45, 2.75) is 39.2 Å². The molecule has 17 heavy (non-hydrogen) atoms. The minimum absolute atomic E-state index is 0.0154. The molecule has 0 aromatic rings. The Hall–Kier alpha value is -1.10. The molecule has 0 aromatic carbocycles. The lowest BCUT2D eigenvalue weighted by molar-refractivity contribution is -0.126. The smallest absolute Gasteiger partial charge is 0.224 e. The molecule has 1 saturated carbocycles. The van der Waals surface area contributed by atoms with Crippen LogP contribution in [0.2, 0.25) is 0 Å². The van der Waals surface area contributed by atoms with Crippen molar-refractivity contribution >= 4 is 11.8 Å². The summed E-state index contributed by atoms with van der Waals surface area (Å²) in [5.41, 5.74) is 5.54. The molecule has 0 spiro atoms. The van der Waals surface area contributed by atoms with Crippen molar-refractivity contribution < 1.29 is 9.59 Å². The molecule has 2 amide bonds. The van der Waals surface area contributed by atoms with Crippen LogP contribution in [0.1, 0.15) is 33.1 Å². The summed E-state index contributed by atoms with van der Waals surface area (Å²) >= 11 is 0. The van der Waals surface area contributed by atoms with E-state index in [1.165, 1.54) is 0 Å². The van der Waals surface area contributed by atoms with Crippen LogP contribution in [0.25, 0.3) is 0 Å². The van der Waals surface area contributed by atoms with Gasteiger partial charge in [-0.1, -0.05) is 13.8 Å². The zero-order valence-electron chi connectivity index (χ0n) is 10.7. The molecule has 0 bridgehead atoms. The van der Waals surface area contributed by atoms with E-state index in [1.54, 1.807) is 0 Å². The Morgan fingerprint density at radius 3 is 2.47 bits per heavy atom. The largest absolute Gasteiger partial charge is 0.355 e. The second-order valence-corrected chi connectivity index (χ2v) is 4.97. The number of amides is 2. The van der Waals surface area contributed by atoms with E-state index in [4.69, 9.17) is 5.73 Å². The number of carbonyl (C=O) groups is 2. The highest BCUT2D eigenvalue weighted by Gasteiger charge is 2.23. The fourth-order valence-corrected chi connectivity index (χ4v) is 1.64. The van der Waals surface area contributed by atoms with Gasteiger partial charge in [0.25, 0.3) is 0 Å². The zero-order valence-corrected chi connectivity index (χ0v) is 10.7. The van der Waals surface area contributed by atoms with E-state index in [-0.39, 0.29) is 23.7 Å². The van der Waals surface area contributed by atoms with Crippen molar-refractivity contribution in [3.8, 4) is 0 Å². The number of hydrogen-bond donors (Lipinski definition) is 3. The summed E-state index contributed by atoms with van der Waals surface area (Å²) in [6.07, 6.45) is 2.51. The molecule has 5 nitrogen and oxygen atoms in total. The average Bonchev–Trinajstić information content (AvgIpc) is 3.02. The maximum absolute atomic E-state index is 11.7. The lowest BCUT2D eigenvalue weighted by Gasteiger charge is -2.18. The van der Waals surface area contributed by atoms with Crippen LogP contribution in [0.15, 0.2) is 0 Å². The van der Waals surface area contributed by atoms with Crippen LogP contribution in [0, 0.1) is 11.8 Å². The van der Waals surface area contributed by atoms with Crippen molar-refractivity contribution in [3.05, 3.63) is 0 Å². The lowest BCUT2D eigenvalue weighted by Crippen LogP contribution is -2.39. The highest BCUT2D eigenvalue weighted by atomic mass is 16.2. The second kappa shape index (κ2) is 6.59. The van der Waals surface area contributed by atoms with Gasteiger partial charge >= 0.3 is 0 Å². The Morgan fingerprint density at radius 1 is 1.35 bits per heavy atom. The van der Waals surface area contributed by atoms with Gasteiger partial charge in [0, 0.05) is 25.6 Å². The molecular weight excluding hydrogens is 218 g/mol. The molecule has 1 unspecified atom stereocenters. The van der Waals surface area contributed by atoms with Crippen molar-refractivity contribution in [1.82, 2.24) is 10.6 Å². The third-order valence-electron chi connectivity index (χ3n) is 2.99. The van der Waals surface area contributed by atoms with Gasteiger partial charge in [-0.25, -0.2) is 0 Å². The summed E-state index contributed by atoms with van der Waals surface area (Å²) in [5, 5.41) is 5.64. The van der Waals surface area contributed by atoms with Gasteiger partial charge < -0.3 is 16.4 Å². The van der Waals surface area contributed by atoms with Crippen LogP contribution >= 0.6 is 0 Å². The predicted octanol–water partition coefficient (Wildman–Crippen LogP) is 0.00220. The maximum Gasteiger partial charge on any atom is 0.224 e. The van der Waals surface area contributed by atoms with Crippen molar-refractivity contribution in [3.63, 3.8) is 0 Å². The van der Waals surface area contributed by atoms with E-state index >= 15 is 0 Å². The molecule has 0 aromatic heterocycles. The lowest BCUT2D eigenvalue weighted by atomic mass is 9.95. The molecule has 0 saturated heterocycles. The number of nitrogens with one attached hydrogen (secondary N) is 2. The van der Waals surface area contributed by atoms with Crippen LogP contribution in [0.5, 0.6) is 0 Å². The third-order valence-corrected chi connectivity index (χ3v) is 2.99. The standard InChI is InChI=1S/C12H23N3O2/c1-8(2)10(7-13)12(17)14-6-5-11(16)15-9-3-4-9/h8-10H,3-7,13H2,1-2H3,(H,14,17)(H,15,16). The number of nitrogens with two attached hydrogens (primary N) is 1. The first kappa shape index (κ1) is 14.0. The monoisotopic (exact) mass is 241 g/mol. The van der Waals surface area contributed by atoms with Crippen LogP contribution in [-0.2, 0) is 9.59 Å². The molecule has 98 valence electrons. The fourth-order valence-electron chi connectivity index (χ4n) is 1.64. The summed E-state index contributed by atoms with van der Waals surface area (Å²) in [4.78, 5) is 23.1. The number of rotatable bonds is 7. The molecule has 0 radical (unpaired) electrons. The van der Waals surface area contributed by atoms with E-state index < -0.39 is 0 Å². The SMILES string of the molecule is CC(C)C(CN)C(=O)NCCC(=O)NC1CC1. The van der Waals surface area contributed by atoms with Gasteiger partial charge in [-0.05, 0) is 18.8 Å². The van der Waals surface area contributed by atoms with Crippen LogP contribution < -0.4 is 16.4 Å². The predicted molar refractivity (Wildman–Crippen MR) is 66.2 cm³/mol. The highest BCUT2D eigenvalue weighted by molar-refractivity contribution is 5.81. The topological polar surface area (TPSA) is 84.2 Å². The first-order valence-corrected chi connectivity index (χ1v) is 6.31. The molecule has 5 heteroatoms. The normalized spacial score (nSPS) is 16.7. The first-order chi connectivity index (χ1) is 8.04. The van der Waals surface area contributed by atoms with Gasteiger partial charge in [-0.2, -0.15) is 0 Å². The van der Waals surface area contributed by atoms with Gasteiger partial charge in [-0.3, -0.25) is 9.59 Å². The van der Waals surface area contributed by atoms with E-state index in [2.05, 4.69) is 10.6 Å². The van der Waals surface area contributed by atoms with E-state index in [0.29, 0.717) is 25.6 Å². The molecule has 1 aliphatic rings. The highest BCUT2D eigenvalue weighted by Crippen LogP contribution is 2.18. The Labute approximate surface area is 103 Å². The van der Waals surface area contributed by atoms with Crippen LogP contribution in [0.4, 0.5) is 0 Å². The Bertz CT molecular complexity index is 275. The molecule has 4 N–H and O–H groups in total. The van der Waals surface area contributed by atoms with Crippen molar-refractivity contribution in [2.75, 3.05) is 13.1 Å². The van der Waals surface area contributed by atoms with E-state index in [0.717, 1.165) is 12.8 Å². The van der Waals surface area contributed by atoms with Gasteiger partial charge in [-0.15, -0.1) is 0 Å². The molecule has 1 atom stereocenters. The summed E-state index contributed by atoms with van der Waals surface area (Å²) in [6, 6.07) is 0.380. The first-order valence-electron chi connectivity index (χ1n) is 6.31. The van der Waals surface area contributed by atoms with Crippen molar-refractivity contribution in [1.29, 1.82) is 0 Å². The molecule has 1 fully saturated rings. The molecule has 0 heterocycles. The second-order valence-electron chi connectivity index (χ2n) is 4.97. The molecule has 0 aliphatic heterocycles. The zero-order chi connectivity index (χ0) is 12.8. The van der Waals surface area contributed by atoms with E-state index in [9.17, 15) is 9.59 Å². The summed E-state index contributed by atoms with van der Waals surface area (Å²) in [7, 11) is 0. The maximum atomic E-state index is 11.7. The summed E-state index contributed by atoms with van der Waals surface area (Å²) in [6.45, 7) is 4.67. The Morgan fingerprint density at radius 2 is 2.00 bits per heavy atom. The van der Waals surface area contributed by atoms with Gasteiger partial charge in [0.05, 0.1) is 5.92 Å². The Balaban J connectivity index is 2.15. The molecular formula is C12H23N3O2. The van der Waals surface area contributed by atoms with Crippen molar-refractivity contribution in [2.24, 2.45) is 17.6 Å². The molecule has 1 aliphatic carbocycles. The van der Waals surface area contributed by atoms with Gasteiger partial charge in [0.15, 0.2) is 0 Å². The van der Waals surface area contributed by atoms with E-state index in [1.807, 2.05) is 13.8 Å². The minimum Gasteiger partial charge on any atom is -0.355 e. The van der Waals surface area contributed by atoms with Gasteiger partial charge in [0.2, 0.25) is 11.8 Å². The molecule has 1 rings (SSSR count). The fraction of sp³-hybridized carbons (Fsp3) is 0.833. The summed E-state index contributed by atoms with van der Waals surface area (Å²) < 4.78 is 0. The average molecular weight is 241 g/mol. The Kier molecular flexibility index (Phi) is 5.41. The van der Waals surface area contributed by atoms with Crippen LogP contribution in [0.3, 0.4) is 0 Å². The van der Waals surface area contributed by atoms with Gasteiger partial charge in [0.1, 0.15) is 0 Å². The van der Waals surface area contributed by atoms with Crippen LogP contribution in [-0.4, -0.2) is 30.9 Å². The third kappa shape index (κ3) is 5.17. The quantitative estimate of drug-likeness (QED) is 0.586. The number of carbonyl (C=O) groups excluding carboxylic acids is 2. The minimum atomic E-state index is -0.165. The number of hydrogen-bond acceptors (Lipinski definition) is 3.